The summed E-state index contributed by atoms with van der Waals surface area (Å²) in [6.07, 6.45) is 0. The van der Waals surface area contributed by atoms with Gasteiger partial charge in [0.25, 0.3) is 5.69 Å². The summed E-state index contributed by atoms with van der Waals surface area (Å²) < 4.78 is 10.2. The second kappa shape index (κ2) is 5.66. The molecule has 0 aliphatic carbocycles. The normalized spacial score (nSPS) is 24.6. The number of methoxy groups -OCH3 is 1. The standard InChI is InChI=1S/C13H17N3O5/c1-13(7-21-6-11(13)14)12(17)15-9-4-3-8(20-2)5-10(9)16(18)19/h3-5,11H,6-7,14H2,1-2H3,(H,15,17). The van der Waals surface area contributed by atoms with E-state index >= 15 is 0 Å². The second-order valence-corrected chi connectivity index (χ2v) is 5.13. The first kappa shape index (κ1) is 15.2. The van der Waals surface area contributed by atoms with Crippen LogP contribution in [0.5, 0.6) is 5.75 Å². The van der Waals surface area contributed by atoms with Crippen molar-refractivity contribution in [1.82, 2.24) is 0 Å². The number of hydrogen-bond donors (Lipinski definition) is 2. The van der Waals surface area contributed by atoms with Crippen molar-refractivity contribution in [3.05, 3.63) is 28.3 Å². The molecule has 0 aromatic heterocycles. The zero-order chi connectivity index (χ0) is 15.6. The Morgan fingerprint density at radius 3 is 2.86 bits per heavy atom. The SMILES string of the molecule is COc1ccc(NC(=O)C2(C)COCC2N)c([N+](=O)[O-])c1. The molecule has 1 amide bonds. The largest absolute Gasteiger partial charge is 0.496 e. The van der Waals surface area contributed by atoms with E-state index in [2.05, 4.69) is 5.32 Å². The van der Waals surface area contributed by atoms with E-state index in [4.69, 9.17) is 15.2 Å². The maximum Gasteiger partial charge on any atom is 0.296 e. The summed E-state index contributed by atoms with van der Waals surface area (Å²) in [5, 5.41) is 13.6. The van der Waals surface area contributed by atoms with E-state index in [-0.39, 0.29) is 24.6 Å². The van der Waals surface area contributed by atoms with Crippen LogP contribution in [0.1, 0.15) is 6.92 Å². The number of nitro groups is 1. The number of amides is 1. The first-order chi connectivity index (χ1) is 9.88. The van der Waals surface area contributed by atoms with Gasteiger partial charge in [-0.3, -0.25) is 14.9 Å². The molecule has 1 fully saturated rings. The first-order valence-corrected chi connectivity index (χ1v) is 6.35. The average molecular weight is 295 g/mol. The molecule has 8 heteroatoms. The van der Waals surface area contributed by atoms with Gasteiger partial charge in [-0.2, -0.15) is 0 Å². The number of ether oxygens (including phenoxy) is 2. The van der Waals surface area contributed by atoms with Crippen molar-refractivity contribution < 1.29 is 19.2 Å². The molecule has 2 atom stereocenters. The fraction of sp³-hybridized carbons (Fsp3) is 0.462. The molecule has 0 saturated carbocycles. The van der Waals surface area contributed by atoms with E-state index in [1.807, 2.05) is 0 Å². The van der Waals surface area contributed by atoms with Gasteiger partial charge in [-0.15, -0.1) is 0 Å². The minimum absolute atomic E-state index is 0.103. The van der Waals surface area contributed by atoms with Gasteiger partial charge in [0.1, 0.15) is 11.4 Å². The van der Waals surface area contributed by atoms with Gasteiger partial charge in [0.15, 0.2) is 0 Å². The molecule has 8 nitrogen and oxygen atoms in total. The smallest absolute Gasteiger partial charge is 0.296 e. The predicted molar refractivity (Wildman–Crippen MR) is 75.2 cm³/mol. The van der Waals surface area contributed by atoms with Gasteiger partial charge in [-0.25, -0.2) is 0 Å². The number of carbonyl (C=O) groups excluding carboxylic acids is 1. The fourth-order valence-electron chi connectivity index (χ4n) is 2.08. The van der Waals surface area contributed by atoms with Gasteiger partial charge in [-0.05, 0) is 19.1 Å². The number of hydrogen-bond acceptors (Lipinski definition) is 6. The molecule has 1 heterocycles. The average Bonchev–Trinajstić information content (AvgIpc) is 2.80. The van der Waals surface area contributed by atoms with E-state index in [1.54, 1.807) is 6.92 Å². The summed E-state index contributed by atoms with van der Waals surface area (Å²) in [7, 11) is 1.41. The number of nitrogens with one attached hydrogen (secondary N) is 1. The topological polar surface area (TPSA) is 117 Å². The molecule has 1 aromatic rings. The number of anilines is 1. The minimum Gasteiger partial charge on any atom is -0.496 e. The summed E-state index contributed by atoms with van der Waals surface area (Å²) in [5.74, 6) is -0.0624. The minimum atomic E-state index is -0.909. The van der Waals surface area contributed by atoms with Crippen LogP contribution < -0.4 is 15.8 Å². The van der Waals surface area contributed by atoms with Crippen LogP contribution in [0.25, 0.3) is 0 Å². The monoisotopic (exact) mass is 295 g/mol. The van der Waals surface area contributed by atoms with E-state index < -0.39 is 22.3 Å². The highest BCUT2D eigenvalue weighted by atomic mass is 16.6. The fourth-order valence-corrected chi connectivity index (χ4v) is 2.08. The second-order valence-electron chi connectivity index (χ2n) is 5.13. The number of benzene rings is 1. The molecule has 1 aliphatic heterocycles. The van der Waals surface area contributed by atoms with Crippen LogP contribution >= 0.6 is 0 Å². The zero-order valence-corrected chi connectivity index (χ0v) is 11.8. The highest BCUT2D eigenvalue weighted by Gasteiger charge is 2.44. The number of nitro benzene ring substituents is 1. The van der Waals surface area contributed by atoms with Crippen LogP contribution in [-0.2, 0) is 9.53 Å². The molecule has 3 N–H and O–H groups in total. The number of rotatable bonds is 4. The van der Waals surface area contributed by atoms with Gasteiger partial charge < -0.3 is 20.5 Å². The Bertz CT molecular complexity index is 577. The number of nitrogens with two attached hydrogens (primary N) is 1. The third kappa shape index (κ3) is 2.81. The molecular weight excluding hydrogens is 278 g/mol. The molecule has 2 rings (SSSR count). The molecule has 0 bridgehead atoms. The lowest BCUT2D eigenvalue weighted by Gasteiger charge is -2.25. The quantitative estimate of drug-likeness (QED) is 0.629. The maximum atomic E-state index is 12.4. The molecule has 0 spiro atoms. The molecule has 0 radical (unpaired) electrons. The number of nitrogens with zero attached hydrogens (tertiary/aromatic N) is 1. The molecule has 2 unspecified atom stereocenters. The number of carbonyl (C=O) groups is 1. The van der Waals surface area contributed by atoms with Crippen molar-refractivity contribution in [2.24, 2.45) is 11.1 Å². The lowest BCUT2D eigenvalue weighted by molar-refractivity contribution is -0.384. The lowest BCUT2D eigenvalue weighted by Crippen LogP contribution is -2.47. The summed E-state index contributed by atoms with van der Waals surface area (Å²) in [5.41, 5.74) is 4.83. The molecule has 1 saturated heterocycles. The van der Waals surface area contributed by atoms with E-state index in [9.17, 15) is 14.9 Å². The predicted octanol–water partition coefficient (Wildman–Crippen LogP) is 0.906. The Balaban J connectivity index is 2.27. The molecule has 114 valence electrons. The molecule has 1 aromatic carbocycles. The van der Waals surface area contributed by atoms with Gasteiger partial charge in [0.05, 0.1) is 36.7 Å². The summed E-state index contributed by atoms with van der Waals surface area (Å²) >= 11 is 0. The Morgan fingerprint density at radius 2 is 2.33 bits per heavy atom. The first-order valence-electron chi connectivity index (χ1n) is 6.35. The van der Waals surface area contributed by atoms with Crippen molar-refractivity contribution in [3.8, 4) is 5.75 Å². The van der Waals surface area contributed by atoms with Crippen molar-refractivity contribution in [2.45, 2.75) is 13.0 Å². The third-order valence-electron chi connectivity index (χ3n) is 3.69. The van der Waals surface area contributed by atoms with E-state index in [1.165, 1.54) is 25.3 Å². The zero-order valence-electron chi connectivity index (χ0n) is 11.8. The van der Waals surface area contributed by atoms with Crippen LogP contribution in [0.15, 0.2) is 18.2 Å². The van der Waals surface area contributed by atoms with Crippen molar-refractivity contribution >= 4 is 17.3 Å². The van der Waals surface area contributed by atoms with Crippen LogP contribution in [0.4, 0.5) is 11.4 Å². The Kier molecular flexibility index (Phi) is 4.10. The Labute approximate surface area is 121 Å². The van der Waals surface area contributed by atoms with Gasteiger partial charge in [-0.1, -0.05) is 0 Å². The van der Waals surface area contributed by atoms with Crippen LogP contribution in [0, 0.1) is 15.5 Å². The van der Waals surface area contributed by atoms with Crippen LogP contribution in [-0.4, -0.2) is 37.2 Å². The Morgan fingerprint density at radius 1 is 1.62 bits per heavy atom. The highest BCUT2D eigenvalue weighted by Crippen LogP contribution is 2.33. The third-order valence-corrected chi connectivity index (χ3v) is 3.69. The maximum absolute atomic E-state index is 12.4. The van der Waals surface area contributed by atoms with Crippen LogP contribution in [0.3, 0.4) is 0 Å². The molecular formula is C13H17N3O5. The van der Waals surface area contributed by atoms with Gasteiger partial charge >= 0.3 is 0 Å². The summed E-state index contributed by atoms with van der Waals surface area (Å²) in [4.78, 5) is 22.9. The van der Waals surface area contributed by atoms with E-state index in [0.717, 1.165) is 0 Å². The lowest BCUT2D eigenvalue weighted by atomic mass is 9.85. The Hall–Kier alpha value is -2.19. The molecule has 21 heavy (non-hydrogen) atoms. The van der Waals surface area contributed by atoms with Gasteiger partial charge in [0, 0.05) is 6.04 Å². The van der Waals surface area contributed by atoms with Crippen molar-refractivity contribution in [3.63, 3.8) is 0 Å². The summed E-state index contributed by atoms with van der Waals surface area (Å²) in [6.45, 7) is 2.15. The molecule has 1 aliphatic rings. The van der Waals surface area contributed by atoms with Gasteiger partial charge in [0.2, 0.25) is 5.91 Å². The van der Waals surface area contributed by atoms with Crippen molar-refractivity contribution in [2.75, 3.05) is 25.6 Å². The highest BCUT2D eigenvalue weighted by molar-refractivity contribution is 5.97. The van der Waals surface area contributed by atoms with Crippen molar-refractivity contribution in [1.29, 1.82) is 0 Å². The van der Waals surface area contributed by atoms with E-state index in [0.29, 0.717) is 5.75 Å². The van der Waals surface area contributed by atoms with Crippen LogP contribution in [0.2, 0.25) is 0 Å². The summed E-state index contributed by atoms with van der Waals surface area (Å²) in [6, 6.07) is 3.77.